The standard InChI is InChI=1S/C13H18N2S2/c1-13(2)6-3-11-9(4-7-16-11)10(13)5-8-17-12(14)15/h4-5,7H,3,6,8H2,1-2H3,(H3,14,15). The van der Waals surface area contributed by atoms with Crippen LogP contribution >= 0.6 is 23.1 Å². The van der Waals surface area contributed by atoms with Gasteiger partial charge < -0.3 is 5.73 Å². The first kappa shape index (κ1) is 12.7. The first-order chi connectivity index (χ1) is 8.00. The molecule has 0 aliphatic heterocycles. The van der Waals surface area contributed by atoms with Gasteiger partial charge in [-0.3, -0.25) is 5.41 Å². The van der Waals surface area contributed by atoms with Crippen molar-refractivity contribution in [1.82, 2.24) is 0 Å². The van der Waals surface area contributed by atoms with Gasteiger partial charge in [-0.15, -0.1) is 11.3 Å². The number of nitrogens with two attached hydrogens (primary N) is 1. The molecule has 1 aliphatic carbocycles. The minimum absolute atomic E-state index is 0.195. The maximum Gasteiger partial charge on any atom is 0.151 e. The molecule has 0 amide bonds. The van der Waals surface area contributed by atoms with Crippen molar-refractivity contribution in [2.24, 2.45) is 11.1 Å². The number of fused-ring (bicyclic) bond motifs is 1. The number of hydrogen-bond donors (Lipinski definition) is 2. The number of thiophene rings is 1. The van der Waals surface area contributed by atoms with E-state index >= 15 is 0 Å². The minimum atomic E-state index is 0.195. The van der Waals surface area contributed by atoms with E-state index in [0.29, 0.717) is 0 Å². The highest BCUT2D eigenvalue weighted by molar-refractivity contribution is 8.13. The number of nitrogens with one attached hydrogen (secondary N) is 1. The molecule has 1 aromatic rings. The first-order valence-electron chi connectivity index (χ1n) is 5.75. The van der Waals surface area contributed by atoms with Gasteiger partial charge in [0.25, 0.3) is 0 Å². The molecule has 17 heavy (non-hydrogen) atoms. The van der Waals surface area contributed by atoms with Crippen molar-refractivity contribution >= 4 is 33.8 Å². The summed E-state index contributed by atoms with van der Waals surface area (Å²) < 4.78 is 0. The van der Waals surface area contributed by atoms with Crippen LogP contribution in [0.4, 0.5) is 0 Å². The Kier molecular flexibility index (Phi) is 3.64. The van der Waals surface area contributed by atoms with Crippen molar-refractivity contribution in [2.45, 2.75) is 26.7 Å². The molecule has 0 saturated heterocycles. The molecule has 92 valence electrons. The number of hydrogen-bond acceptors (Lipinski definition) is 3. The number of thioether (sulfide) groups is 1. The third-order valence-corrected chi connectivity index (χ3v) is 4.89. The van der Waals surface area contributed by atoms with Crippen LogP contribution in [0.1, 0.15) is 30.7 Å². The molecular formula is C13H18N2S2. The van der Waals surface area contributed by atoms with E-state index in [1.165, 1.54) is 40.6 Å². The van der Waals surface area contributed by atoms with Crippen LogP contribution < -0.4 is 5.73 Å². The summed E-state index contributed by atoms with van der Waals surface area (Å²) in [4.78, 5) is 1.50. The van der Waals surface area contributed by atoms with Gasteiger partial charge in [-0.1, -0.05) is 31.7 Å². The van der Waals surface area contributed by atoms with Crippen LogP contribution in [-0.2, 0) is 6.42 Å². The lowest BCUT2D eigenvalue weighted by atomic mass is 9.72. The Bertz CT molecular complexity index is 458. The summed E-state index contributed by atoms with van der Waals surface area (Å²) in [5.74, 6) is 0.795. The molecule has 2 nitrogen and oxygen atoms in total. The van der Waals surface area contributed by atoms with E-state index in [0.717, 1.165) is 5.75 Å². The first-order valence-corrected chi connectivity index (χ1v) is 7.61. The average Bonchev–Trinajstić information content (AvgIpc) is 2.68. The van der Waals surface area contributed by atoms with Gasteiger partial charge in [0.05, 0.1) is 0 Å². The molecule has 1 aliphatic rings. The van der Waals surface area contributed by atoms with Gasteiger partial charge in [0.2, 0.25) is 0 Å². The molecule has 0 radical (unpaired) electrons. The van der Waals surface area contributed by atoms with Crippen LogP contribution in [0.25, 0.3) is 5.57 Å². The highest BCUT2D eigenvalue weighted by Gasteiger charge is 2.30. The van der Waals surface area contributed by atoms with Crippen LogP contribution in [0.15, 0.2) is 17.5 Å². The summed E-state index contributed by atoms with van der Waals surface area (Å²) in [6.07, 6.45) is 4.64. The SMILES string of the molecule is CC1(C)CCc2sccc2C1=CCSC(=N)N. The quantitative estimate of drug-likeness (QED) is 0.633. The van der Waals surface area contributed by atoms with E-state index in [2.05, 4.69) is 31.4 Å². The maximum atomic E-state index is 7.24. The van der Waals surface area contributed by atoms with Gasteiger partial charge in [-0.25, -0.2) is 0 Å². The van der Waals surface area contributed by atoms with E-state index in [1.54, 1.807) is 0 Å². The van der Waals surface area contributed by atoms with Gasteiger partial charge in [0, 0.05) is 10.6 Å². The normalized spacial score (nSPS) is 20.2. The number of aryl methyl sites for hydroxylation is 1. The molecular weight excluding hydrogens is 248 g/mol. The van der Waals surface area contributed by atoms with Crippen molar-refractivity contribution in [3.05, 3.63) is 28.0 Å². The molecule has 0 atom stereocenters. The van der Waals surface area contributed by atoms with Gasteiger partial charge in [0.15, 0.2) is 5.17 Å². The second-order valence-corrected chi connectivity index (χ2v) is 7.00. The third-order valence-electron chi connectivity index (χ3n) is 3.27. The largest absolute Gasteiger partial charge is 0.379 e. The van der Waals surface area contributed by atoms with E-state index in [9.17, 15) is 0 Å². The summed E-state index contributed by atoms with van der Waals surface area (Å²) in [5.41, 5.74) is 8.45. The predicted molar refractivity (Wildman–Crippen MR) is 78.8 cm³/mol. The molecule has 0 fully saturated rings. The fourth-order valence-corrected chi connectivity index (χ4v) is 3.62. The minimum Gasteiger partial charge on any atom is -0.379 e. The zero-order chi connectivity index (χ0) is 12.5. The fraction of sp³-hybridized carbons (Fsp3) is 0.462. The van der Waals surface area contributed by atoms with E-state index < -0.39 is 0 Å². The summed E-state index contributed by atoms with van der Waals surface area (Å²) in [6, 6.07) is 2.23. The van der Waals surface area contributed by atoms with Crippen molar-refractivity contribution in [3.63, 3.8) is 0 Å². The monoisotopic (exact) mass is 266 g/mol. The molecule has 0 saturated carbocycles. The summed E-state index contributed by atoms with van der Waals surface area (Å²) >= 11 is 3.25. The second-order valence-electron chi connectivity index (χ2n) is 4.93. The van der Waals surface area contributed by atoms with Gasteiger partial charge in [-0.2, -0.15) is 0 Å². The molecule has 2 rings (SSSR count). The van der Waals surface area contributed by atoms with Crippen molar-refractivity contribution in [3.8, 4) is 0 Å². The smallest absolute Gasteiger partial charge is 0.151 e. The maximum absolute atomic E-state index is 7.24. The predicted octanol–water partition coefficient (Wildman–Crippen LogP) is 3.73. The van der Waals surface area contributed by atoms with Crippen LogP contribution in [0.5, 0.6) is 0 Å². The lowest BCUT2D eigenvalue weighted by Gasteiger charge is -2.33. The van der Waals surface area contributed by atoms with Crippen LogP contribution in [0, 0.1) is 10.8 Å². The Morgan fingerprint density at radius 3 is 3.12 bits per heavy atom. The summed E-state index contributed by atoms with van der Waals surface area (Å²) in [5, 5.41) is 9.61. The molecule has 0 unspecified atom stereocenters. The molecule has 1 aromatic heterocycles. The van der Waals surface area contributed by atoms with Gasteiger partial charge in [0.1, 0.15) is 0 Å². The Balaban J connectivity index is 2.26. The van der Waals surface area contributed by atoms with Crippen molar-refractivity contribution in [2.75, 3.05) is 5.75 Å². The lowest BCUT2D eigenvalue weighted by molar-refractivity contribution is 0.446. The van der Waals surface area contributed by atoms with Crippen LogP contribution in [0.2, 0.25) is 0 Å². The molecule has 4 heteroatoms. The van der Waals surface area contributed by atoms with Gasteiger partial charge in [-0.05, 0) is 40.8 Å². The van der Waals surface area contributed by atoms with Gasteiger partial charge >= 0.3 is 0 Å². The number of allylic oxidation sites excluding steroid dienone is 1. The fourth-order valence-electron chi connectivity index (χ4n) is 2.30. The topological polar surface area (TPSA) is 49.9 Å². The summed E-state index contributed by atoms with van der Waals surface area (Å²) in [7, 11) is 0. The molecule has 0 bridgehead atoms. The lowest BCUT2D eigenvalue weighted by Crippen LogP contribution is -2.20. The van der Waals surface area contributed by atoms with Crippen molar-refractivity contribution in [1.29, 1.82) is 5.41 Å². The Labute approximate surface area is 111 Å². The number of amidine groups is 1. The van der Waals surface area contributed by atoms with Crippen LogP contribution in [-0.4, -0.2) is 10.9 Å². The summed E-state index contributed by atoms with van der Waals surface area (Å²) in [6.45, 7) is 4.61. The highest BCUT2D eigenvalue weighted by atomic mass is 32.2. The zero-order valence-corrected chi connectivity index (χ0v) is 11.9. The number of rotatable bonds is 2. The van der Waals surface area contributed by atoms with Crippen LogP contribution in [0.3, 0.4) is 0 Å². The van der Waals surface area contributed by atoms with E-state index in [1.807, 2.05) is 11.3 Å². The van der Waals surface area contributed by atoms with E-state index in [-0.39, 0.29) is 10.6 Å². The Morgan fingerprint density at radius 1 is 1.65 bits per heavy atom. The Morgan fingerprint density at radius 2 is 2.41 bits per heavy atom. The molecule has 0 aromatic carbocycles. The zero-order valence-electron chi connectivity index (χ0n) is 10.2. The average molecular weight is 266 g/mol. The van der Waals surface area contributed by atoms with E-state index in [4.69, 9.17) is 11.1 Å². The second kappa shape index (κ2) is 4.86. The highest BCUT2D eigenvalue weighted by Crippen LogP contribution is 2.46. The molecule has 3 N–H and O–H groups in total. The Hall–Kier alpha value is -0.740. The molecule has 1 heterocycles. The van der Waals surface area contributed by atoms with Crippen molar-refractivity contribution < 1.29 is 0 Å². The molecule has 0 spiro atoms. The third kappa shape index (κ3) is 2.75.